The molecule has 0 bridgehead atoms. The molecule has 0 fully saturated rings. The number of carbonyl (C=O) groups is 4. The van der Waals surface area contributed by atoms with E-state index in [4.69, 9.17) is 4.74 Å². The number of nitrogens with one attached hydrogen (secondary N) is 1. The zero-order valence-electron chi connectivity index (χ0n) is 17.4. The smallest absolute Gasteiger partial charge is 0.333 e. The summed E-state index contributed by atoms with van der Waals surface area (Å²) in [6.07, 6.45) is 0. The fourth-order valence-electron chi connectivity index (χ4n) is 3.60. The molecule has 0 saturated carbocycles. The standard InChI is InChI=1S/C25H20N2O5/c1-15(2)25(31)32-14-13-27-23(29)18-10-6-9-17-20(12-11-19(21(17)18)24(27)30)26-22(28)16-7-4-3-5-8-16/h3-12H,1,13-14H2,2H3,(H,26,28). The van der Waals surface area contributed by atoms with Crippen LogP contribution < -0.4 is 5.32 Å². The van der Waals surface area contributed by atoms with Gasteiger partial charge in [0, 0.05) is 38.7 Å². The van der Waals surface area contributed by atoms with Gasteiger partial charge in [0.05, 0.1) is 6.54 Å². The van der Waals surface area contributed by atoms with Gasteiger partial charge in [0.15, 0.2) is 0 Å². The summed E-state index contributed by atoms with van der Waals surface area (Å²) in [6, 6.07) is 17.1. The van der Waals surface area contributed by atoms with E-state index in [-0.39, 0.29) is 24.6 Å². The minimum atomic E-state index is -0.580. The van der Waals surface area contributed by atoms with Crippen LogP contribution in [0.4, 0.5) is 5.69 Å². The number of nitrogens with zero attached hydrogens (tertiary/aromatic N) is 1. The molecule has 0 saturated heterocycles. The summed E-state index contributed by atoms with van der Waals surface area (Å²) in [6.45, 7) is 4.82. The molecule has 0 aromatic heterocycles. The highest BCUT2D eigenvalue weighted by Gasteiger charge is 2.33. The van der Waals surface area contributed by atoms with E-state index in [1.54, 1.807) is 54.6 Å². The van der Waals surface area contributed by atoms with E-state index < -0.39 is 17.8 Å². The van der Waals surface area contributed by atoms with E-state index >= 15 is 0 Å². The van der Waals surface area contributed by atoms with Gasteiger partial charge in [0.25, 0.3) is 17.7 Å². The average molecular weight is 428 g/mol. The lowest BCUT2D eigenvalue weighted by Crippen LogP contribution is -2.42. The van der Waals surface area contributed by atoms with E-state index in [1.165, 1.54) is 6.92 Å². The van der Waals surface area contributed by atoms with E-state index in [0.717, 1.165) is 4.90 Å². The average Bonchev–Trinajstić information content (AvgIpc) is 2.80. The first kappa shape index (κ1) is 21.0. The Bertz CT molecular complexity index is 1260. The Kier molecular flexibility index (Phi) is 5.55. The van der Waals surface area contributed by atoms with Crippen molar-refractivity contribution in [1.29, 1.82) is 0 Å². The van der Waals surface area contributed by atoms with Gasteiger partial charge in [-0.25, -0.2) is 4.79 Å². The van der Waals surface area contributed by atoms with Crippen LogP contribution in [-0.2, 0) is 9.53 Å². The Morgan fingerprint density at radius 1 is 0.938 bits per heavy atom. The van der Waals surface area contributed by atoms with Gasteiger partial charge in [-0.1, -0.05) is 36.9 Å². The van der Waals surface area contributed by atoms with Crippen molar-refractivity contribution in [3.63, 3.8) is 0 Å². The molecule has 0 atom stereocenters. The van der Waals surface area contributed by atoms with Crippen molar-refractivity contribution >= 4 is 40.2 Å². The van der Waals surface area contributed by atoms with Crippen LogP contribution in [0.1, 0.15) is 38.0 Å². The molecule has 3 aromatic rings. The molecule has 1 N–H and O–H groups in total. The van der Waals surface area contributed by atoms with Gasteiger partial charge < -0.3 is 10.1 Å². The maximum Gasteiger partial charge on any atom is 0.333 e. The highest BCUT2D eigenvalue weighted by atomic mass is 16.5. The van der Waals surface area contributed by atoms with Crippen LogP contribution >= 0.6 is 0 Å². The summed E-state index contributed by atoms with van der Waals surface area (Å²) < 4.78 is 5.04. The first-order valence-electron chi connectivity index (χ1n) is 9.99. The third kappa shape index (κ3) is 3.76. The summed E-state index contributed by atoms with van der Waals surface area (Å²) in [4.78, 5) is 51.3. The summed E-state index contributed by atoms with van der Waals surface area (Å²) in [5, 5.41) is 3.95. The Balaban J connectivity index is 1.64. The summed E-state index contributed by atoms with van der Waals surface area (Å²) in [7, 11) is 0. The largest absolute Gasteiger partial charge is 0.460 e. The van der Waals surface area contributed by atoms with Crippen LogP contribution in [0.15, 0.2) is 72.8 Å². The van der Waals surface area contributed by atoms with Gasteiger partial charge in [-0.2, -0.15) is 0 Å². The molecule has 32 heavy (non-hydrogen) atoms. The monoisotopic (exact) mass is 428 g/mol. The molecule has 7 nitrogen and oxygen atoms in total. The van der Waals surface area contributed by atoms with Gasteiger partial charge >= 0.3 is 5.97 Å². The van der Waals surface area contributed by atoms with Crippen molar-refractivity contribution in [3.8, 4) is 0 Å². The summed E-state index contributed by atoms with van der Waals surface area (Å²) in [5.41, 5.74) is 1.93. The fraction of sp³-hybridized carbons (Fsp3) is 0.120. The quantitative estimate of drug-likeness (QED) is 0.366. The molecule has 0 aliphatic carbocycles. The van der Waals surface area contributed by atoms with Crippen LogP contribution in [0.3, 0.4) is 0 Å². The molecular formula is C25H20N2O5. The maximum atomic E-state index is 13.0. The second-order valence-corrected chi connectivity index (χ2v) is 7.39. The molecule has 4 rings (SSSR count). The minimum absolute atomic E-state index is 0.0704. The van der Waals surface area contributed by atoms with Gasteiger partial charge in [-0.05, 0) is 37.3 Å². The second-order valence-electron chi connectivity index (χ2n) is 7.39. The highest BCUT2D eigenvalue weighted by molar-refractivity contribution is 6.27. The molecule has 0 unspecified atom stereocenters. The van der Waals surface area contributed by atoms with Gasteiger partial charge in [0.2, 0.25) is 0 Å². The van der Waals surface area contributed by atoms with Crippen LogP contribution in [0.5, 0.6) is 0 Å². The molecule has 160 valence electrons. The number of ether oxygens (including phenoxy) is 1. The second kappa shape index (κ2) is 8.47. The Morgan fingerprint density at radius 3 is 2.31 bits per heavy atom. The number of carbonyl (C=O) groups excluding carboxylic acids is 4. The number of imide groups is 1. The number of hydrogen-bond acceptors (Lipinski definition) is 5. The number of benzene rings is 3. The molecule has 1 aliphatic heterocycles. The normalized spacial score (nSPS) is 12.6. The van der Waals surface area contributed by atoms with Crippen molar-refractivity contribution in [2.75, 3.05) is 18.5 Å². The first-order chi connectivity index (χ1) is 15.4. The van der Waals surface area contributed by atoms with Crippen molar-refractivity contribution in [2.45, 2.75) is 6.92 Å². The Morgan fingerprint density at radius 2 is 1.62 bits per heavy atom. The number of hydrogen-bond donors (Lipinski definition) is 1. The minimum Gasteiger partial charge on any atom is -0.460 e. The third-order valence-corrected chi connectivity index (χ3v) is 5.17. The third-order valence-electron chi connectivity index (χ3n) is 5.17. The lowest BCUT2D eigenvalue weighted by molar-refractivity contribution is -0.139. The number of rotatable bonds is 6. The van der Waals surface area contributed by atoms with E-state index in [2.05, 4.69) is 11.9 Å². The molecule has 7 heteroatoms. The topological polar surface area (TPSA) is 92.8 Å². The SMILES string of the molecule is C=C(C)C(=O)OCCN1C(=O)c2cccc3c(NC(=O)c4ccccc4)ccc(c23)C1=O. The van der Waals surface area contributed by atoms with Crippen LogP contribution in [0.2, 0.25) is 0 Å². The highest BCUT2D eigenvalue weighted by Crippen LogP contribution is 2.34. The summed E-state index contributed by atoms with van der Waals surface area (Å²) in [5.74, 6) is -1.83. The number of anilines is 1. The van der Waals surface area contributed by atoms with Crippen LogP contribution in [0, 0.1) is 0 Å². The lowest BCUT2D eigenvalue weighted by Gasteiger charge is -2.27. The fourth-order valence-corrected chi connectivity index (χ4v) is 3.60. The maximum absolute atomic E-state index is 13.0. The van der Waals surface area contributed by atoms with Crippen LogP contribution in [-0.4, -0.2) is 41.7 Å². The molecular weight excluding hydrogens is 408 g/mol. The predicted octanol–water partition coefficient (Wildman–Crippen LogP) is 3.81. The first-order valence-corrected chi connectivity index (χ1v) is 9.99. The molecule has 1 heterocycles. The summed E-state index contributed by atoms with van der Waals surface area (Å²) >= 11 is 0. The zero-order chi connectivity index (χ0) is 22.8. The predicted molar refractivity (Wildman–Crippen MR) is 119 cm³/mol. The molecule has 3 amide bonds. The Labute approximate surface area is 184 Å². The number of esters is 1. The van der Waals surface area contributed by atoms with Gasteiger partial charge in [-0.3, -0.25) is 19.3 Å². The van der Waals surface area contributed by atoms with Crippen molar-refractivity contribution in [1.82, 2.24) is 4.90 Å². The van der Waals surface area contributed by atoms with Crippen LogP contribution in [0.25, 0.3) is 10.8 Å². The van der Waals surface area contributed by atoms with E-state index in [9.17, 15) is 19.2 Å². The van der Waals surface area contributed by atoms with Crippen molar-refractivity contribution < 1.29 is 23.9 Å². The molecule has 1 aliphatic rings. The molecule has 0 spiro atoms. The zero-order valence-corrected chi connectivity index (χ0v) is 17.4. The van der Waals surface area contributed by atoms with Crippen molar-refractivity contribution in [3.05, 3.63) is 89.5 Å². The van der Waals surface area contributed by atoms with Gasteiger partial charge in [-0.15, -0.1) is 0 Å². The molecule has 3 aromatic carbocycles. The van der Waals surface area contributed by atoms with Gasteiger partial charge in [0.1, 0.15) is 6.61 Å². The van der Waals surface area contributed by atoms with E-state index in [1.807, 2.05) is 6.07 Å². The Hall–Kier alpha value is -4.26. The molecule has 0 radical (unpaired) electrons. The lowest BCUT2D eigenvalue weighted by atomic mass is 9.93. The van der Waals surface area contributed by atoms with E-state index in [0.29, 0.717) is 33.2 Å². The number of amides is 3. The van der Waals surface area contributed by atoms with Crippen molar-refractivity contribution in [2.24, 2.45) is 0 Å².